The van der Waals surface area contributed by atoms with E-state index in [1.807, 2.05) is 0 Å². The van der Waals surface area contributed by atoms with Crippen molar-refractivity contribution in [2.45, 2.75) is 25.8 Å². The number of anilines is 1. The highest BCUT2D eigenvalue weighted by Gasteiger charge is 2.19. The van der Waals surface area contributed by atoms with Gasteiger partial charge < -0.3 is 20.5 Å². The molecule has 1 unspecified atom stereocenters. The largest absolute Gasteiger partial charge is 0.480 e. The van der Waals surface area contributed by atoms with Crippen molar-refractivity contribution in [2.24, 2.45) is 0 Å². The van der Waals surface area contributed by atoms with Gasteiger partial charge in [0.05, 0.1) is 0 Å². The van der Waals surface area contributed by atoms with Crippen molar-refractivity contribution in [3.8, 4) is 0 Å². The highest BCUT2D eigenvalue weighted by atomic mass is 19.1. The van der Waals surface area contributed by atoms with Crippen molar-refractivity contribution in [1.29, 1.82) is 0 Å². The third kappa shape index (κ3) is 5.78. The minimum absolute atomic E-state index is 0.263. The van der Waals surface area contributed by atoms with E-state index in [9.17, 15) is 14.0 Å². The van der Waals surface area contributed by atoms with Crippen LogP contribution in [-0.2, 0) is 9.53 Å². The van der Waals surface area contributed by atoms with Gasteiger partial charge in [-0.25, -0.2) is 14.0 Å². The van der Waals surface area contributed by atoms with E-state index in [0.717, 1.165) is 0 Å². The molecular formula is C14H19FN2O4. The Hall–Kier alpha value is -2.15. The first-order valence-electron chi connectivity index (χ1n) is 6.49. The Morgan fingerprint density at radius 3 is 2.71 bits per heavy atom. The number of carbonyl (C=O) groups excluding carboxylic acids is 1. The van der Waals surface area contributed by atoms with Crippen molar-refractivity contribution >= 4 is 17.7 Å². The molecule has 0 bridgehead atoms. The normalized spacial score (nSPS) is 11.8. The van der Waals surface area contributed by atoms with Crippen molar-refractivity contribution in [1.82, 2.24) is 5.32 Å². The Balaban J connectivity index is 2.59. The monoisotopic (exact) mass is 298 g/mol. The second kappa shape index (κ2) is 8.21. The van der Waals surface area contributed by atoms with Crippen LogP contribution in [0.15, 0.2) is 18.2 Å². The van der Waals surface area contributed by atoms with E-state index in [-0.39, 0.29) is 6.42 Å². The number of amides is 2. The van der Waals surface area contributed by atoms with Crippen LogP contribution in [0.2, 0.25) is 0 Å². The molecule has 1 aromatic carbocycles. The van der Waals surface area contributed by atoms with Gasteiger partial charge in [-0.05, 0) is 43.5 Å². The number of carboxylic acid groups (broad SMARTS) is 1. The topological polar surface area (TPSA) is 87.7 Å². The lowest BCUT2D eigenvalue weighted by Crippen LogP contribution is -2.43. The van der Waals surface area contributed by atoms with E-state index in [0.29, 0.717) is 24.3 Å². The number of rotatable bonds is 7. The second-order valence-corrected chi connectivity index (χ2v) is 4.58. The maximum absolute atomic E-state index is 13.0. The number of hydrogen-bond acceptors (Lipinski definition) is 3. The molecule has 1 atom stereocenters. The third-order valence-corrected chi connectivity index (χ3v) is 2.88. The fraction of sp³-hybridized carbons (Fsp3) is 0.429. The molecule has 2 amide bonds. The zero-order chi connectivity index (χ0) is 15.8. The molecule has 1 aromatic rings. The Bertz CT molecular complexity index is 508. The van der Waals surface area contributed by atoms with Gasteiger partial charge in [-0.3, -0.25) is 0 Å². The fourth-order valence-corrected chi connectivity index (χ4v) is 1.77. The number of aliphatic carboxylic acids is 1. The number of nitrogens with one attached hydrogen (secondary N) is 2. The zero-order valence-electron chi connectivity index (χ0n) is 12.0. The van der Waals surface area contributed by atoms with Gasteiger partial charge >= 0.3 is 12.0 Å². The second-order valence-electron chi connectivity index (χ2n) is 4.58. The highest BCUT2D eigenvalue weighted by molar-refractivity contribution is 5.92. The van der Waals surface area contributed by atoms with Crippen LogP contribution in [0.4, 0.5) is 14.9 Å². The van der Waals surface area contributed by atoms with E-state index < -0.39 is 23.9 Å². The lowest BCUT2D eigenvalue weighted by molar-refractivity contribution is -0.139. The van der Waals surface area contributed by atoms with E-state index in [1.165, 1.54) is 25.3 Å². The molecule has 0 radical (unpaired) electrons. The van der Waals surface area contributed by atoms with Gasteiger partial charge in [0, 0.05) is 19.4 Å². The van der Waals surface area contributed by atoms with Crippen LogP contribution < -0.4 is 10.6 Å². The third-order valence-electron chi connectivity index (χ3n) is 2.88. The molecular weight excluding hydrogens is 279 g/mol. The minimum atomic E-state index is -1.11. The Kier molecular flexibility index (Phi) is 6.61. The van der Waals surface area contributed by atoms with E-state index in [4.69, 9.17) is 9.84 Å². The van der Waals surface area contributed by atoms with Gasteiger partial charge in [0.2, 0.25) is 0 Å². The molecule has 0 heterocycles. The van der Waals surface area contributed by atoms with Crippen LogP contribution in [0.5, 0.6) is 0 Å². The molecule has 0 spiro atoms. The molecule has 6 nitrogen and oxygen atoms in total. The number of benzene rings is 1. The number of carboxylic acids is 1. The summed E-state index contributed by atoms with van der Waals surface area (Å²) in [5.41, 5.74) is 0.978. The fourth-order valence-electron chi connectivity index (χ4n) is 1.77. The summed E-state index contributed by atoms with van der Waals surface area (Å²) in [5, 5.41) is 13.9. The van der Waals surface area contributed by atoms with Crippen LogP contribution in [0.1, 0.15) is 18.4 Å². The lowest BCUT2D eigenvalue weighted by Gasteiger charge is -2.15. The van der Waals surface area contributed by atoms with Gasteiger partial charge in [-0.15, -0.1) is 0 Å². The number of ether oxygens (including phenoxy) is 1. The van der Waals surface area contributed by atoms with E-state index >= 15 is 0 Å². The van der Waals surface area contributed by atoms with Crippen molar-refractivity contribution in [2.75, 3.05) is 19.0 Å². The average Bonchev–Trinajstić information content (AvgIpc) is 2.41. The van der Waals surface area contributed by atoms with Crippen LogP contribution in [0, 0.1) is 12.7 Å². The zero-order valence-corrected chi connectivity index (χ0v) is 12.0. The van der Waals surface area contributed by atoms with E-state index in [1.54, 1.807) is 6.92 Å². The Labute approximate surface area is 122 Å². The molecule has 21 heavy (non-hydrogen) atoms. The molecule has 0 aromatic heterocycles. The number of hydrogen-bond donors (Lipinski definition) is 3. The van der Waals surface area contributed by atoms with Crippen molar-refractivity contribution in [3.05, 3.63) is 29.6 Å². The average molecular weight is 298 g/mol. The molecule has 0 aliphatic carbocycles. The van der Waals surface area contributed by atoms with Gasteiger partial charge in [-0.1, -0.05) is 0 Å². The van der Waals surface area contributed by atoms with E-state index in [2.05, 4.69) is 10.6 Å². The Morgan fingerprint density at radius 1 is 1.43 bits per heavy atom. The lowest BCUT2D eigenvalue weighted by atomic mass is 10.1. The quantitative estimate of drug-likeness (QED) is 0.673. The first-order valence-corrected chi connectivity index (χ1v) is 6.49. The van der Waals surface area contributed by atoms with Gasteiger partial charge in [0.15, 0.2) is 0 Å². The summed E-state index contributed by atoms with van der Waals surface area (Å²) >= 11 is 0. The maximum Gasteiger partial charge on any atom is 0.326 e. The first kappa shape index (κ1) is 16.9. The Morgan fingerprint density at radius 2 is 2.14 bits per heavy atom. The number of urea groups is 1. The van der Waals surface area contributed by atoms with Crippen molar-refractivity contribution < 1.29 is 23.8 Å². The van der Waals surface area contributed by atoms with Gasteiger partial charge in [-0.2, -0.15) is 0 Å². The summed E-state index contributed by atoms with van der Waals surface area (Å²) in [6.07, 6.45) is 0.780. The summed E-state index contributed by atoms with van der Waals surface area (Å²) in [7, 11) is 1.52. The molecule has 116 valence electrons. The number of methoxy groups -OCH3 is 1. The first-order chi connectivity index (χ1) is 9.93. The summed E-state index contributed by atoms with van der Waals surface area (Å²) in [4.78, 5) is 22.8. The maximum atomic E-state index is 13.0. The minimum Gasteiger partial charge on any atom is -0.480 e. The van der Waals surface area contributed by atoms with Crippen LogP contribution in [0.3, 0.4) is 0 Å². The summed E-state index contributed by atoms with van der Waals surface area (Å²) in [6.45, 7) is 2.07. The molecule has 3 N–H and O–H groups in total. The molecule has 0 aliphatic rings. The standard InChI is InChI=1S/C14H19FN2O4/c1-9-8-10(15)5-6-11(9)16-14(20)17-12(13(18)19)4-3-7-21-2/h5-6,8,12H,3-4,7H2,1-2H3,(H,18,19)(H2,16,17,20). The number of carbonyl (C=O) groups is 2. The molecule has 0 saturated heterocycles. The summed E-state index contributed by atoms with van der Waals surface area (Å²) in [6, 6.07) is 2.28. The van der Waals surface area contributed by atoms with Crippen LogP contribution in [-0.4, -0.2) is 36.9 Å². The number of aryl methyl sites for hydroxylation is 1. The smallest absolute Gasteiger partial charge is 0.326 e. The molecule has 1 rings (SSSR count). The van der Waals surface area contributed by atoms with Crippen LogP contribution >= 0.6 is 0 Å². The van der Waals surface area contributed by atoms with Crippen molar-refractivity contribution in [3.63, 3.8) is 0 Å². The van der Waals surface area contributed by atoms with Gasteiger partial charge in [0.1, 0.15) is 11.9 Å². The molecule has 7 heteroatoms. The molecule has 0 fully saturated rings. The highest BCUT2D eigenvalue weighted by Crippen LogP contribution is 2.15. The SMILES string of the molecule is COCCCC(NC(=O)Nc1ccc(F)cc1C)C(=O)O. The predicted molar refractivity (Wildman–Crippen MR) is 75.8 cm³/mol. The van der Waals surface area contributed by atoms with Gasteiger partial charge in [0.25, 0.3) is 0 Å². The summed E-state index contributed by atoms with van der Waals surface area (Å²) < 4.78 is 17.8. The summed E-state index contributed by atoms with van der Waals surface area (Å²) in [5.74, 6) is -1.52. The van der Waals surface area contributed by atoms with Crippen LogP contribution in [0.25, 0.3) is 0 Å². The molecule has 0 saturated carbocycles. The number of halogens is 1. The molecule has 0 aliphatic heterocycles. The predicted octanol–water partition coefficient (Wildman–Crippen LogP) is 2.14.